The van der Waals surface area contributed by atoms with E-state index in [9.17, 15) is 0 Å². The van der Waals surface area contributed by atoms with Crippen molar-refractivity contribution >= 4 is 0 Å². The minimum Gasteiger partial charge on any atom is -0.656 e. The highest BCUT2D eigenvalue weighted by molar-refractivity contribution is 5.12. The van der Waals surface area contributed by atoms with Crippen LogP contribution in [0.15, 0.2) is 36.0 Å². The maximum atomic E-state index is 4.43. The third-order valence-electron chi connectivity index (χ3n) is 4.57. The van der Waals surface area contributed by atoms with Gasteiger partial charge in [0.05, 0.1) is 0 Å². The molecular weight excluding hydrogens is 266 g/mol. The molecule has 0 saturated heterocycles. The first-order chi connectivity index (χ1) is 10.3. The van der Waals surface area contributed by atoms with E-state index in [1.165, 1.54) is 49.7 Å². The molecule has 0 aliphatic heterocycles. The van der Waals surface area contributed by atoms with E-state index in [0.717, 1.165) is 12.3 Å². The molecule has 0 saturated carbocycles. The maximum absolute atomic E-state index is 4.43. The smallest absolute Gasteiger partial charge is 0.0288 e. The van der Waals surface area contributed by atoms with Crippen molar-refractivity contribution in [1.29, 1.82) is 0 Å². The Morgan fingerprint density at radius 1 is 1.14 bits per heavy atom. The van der Waals surface area contributed by atoms with Crippen LogP contribution >= 0.6 is 0 Å². The van der Waals surface area contributed by atoms with Crippen molar-refractivity contribution in [2.24, 2.45) is 5.92 Å². The SMILES string of the molecule is C=CC(C)(CCCC(C)CCC=C(C)CCC=C(C)C)[N-]C. The van der Waals surface area contributed by atoms with Gasteiger partial charge in [-0.1, -0.05) is 56.4 Å². The standard InChI is InChI=1S/C21H38N/c1-8-21(6,22-7)17-11-16-20(5)15-10-14-19(4)13-9-12-18(2)3/h8,12,14,20H,1,9-11,13,15-17H2,2-7H3/q-1. The Kier molecular flexibility index (Phi) is 11.3. The Labute approximate surface area is 140 Å². The second-order valence-electron chi connectivity index (χ2n) is 7.23. The van der Waals surface area contributed by atoms with Gasteiger partial charge in [-0.05, 0) is 52.4 Å². The van der Waals surface area contributed by atoms with Crippen LogP contribution in [0.5, 0.6) is 0 Å². The molecule has 128 valence electrons. The zero-order valence-electron chi connectivity index (χ0n) is 15.9. The second kappa shape index (κ2) is 11.7. The number of nitrogens with zero attached hydrogens (tertiary/aromatic N) is 1. The number of hydrogen-bond acceptors (Lipinski definition) is 0. The first-order valence-corrected chi connectivity index (χ1v) is 8.86. The molecule has 0 aromatic heterocycles. The lowest BCUT2D eigenvalue weighted by molar-refractivity contribution is 0.442. The molecule has 0 N–H and O–H groups in total. The average molecular weight is 305 g/mol. The van der Waals surface area contributed by atoms with Crippen molar-refractivity contribution in [2.45, 2.75) is 85.1 Å². The van der Waals surface area contributed by atoms with Crippen molar-refractivity contribution in [2.75, 3.05) is 7.05 Å². The van der Waals surface area contributed by atoms with Crippen molar-refractivity contribution in [3.05, 3.63) is 41.3 Å². The summed E-state index contributed by atoms with van der Waals surface area (Å²) in [6, 6.07) is 0. The quantitative estimate of drug-likeness (QED) is 0.338. The Morgan fingerprint density at radius 2 is 1.82 bits per heavy atom. The van der Waals surface area contributed by atoms with Crippen LogP contribution < -0.4 is 0 Å². The highest BCUT2D eigenvalue weighted by atomic mass is 14.9. The predicted octanol–water partition coefficient (Wildman–Crippen LogP) is 7.21. The highest BCUT2D eigenvalue weighted by Crippen LogP contribution is 2.25. The Hall–Kier alpha value is -0.820. The largest absolute Gasteiger partial charge is 0.656 e. The first kappa shape index (κ1) is 21.2. The molecule has 0 radical (unpaired) electrons. The molecule has 0 fully saturated rings. The summed E-state index contributed by atoms with van der Waals surface area (Å²) in [6.45, 7) is 15.1. The molecule has 0 amide bonds. The third-order valence-corrected chi connectivity index (χ3v) is 4.57. The van der Waals surface area contributed by atoms with Gasteiger partial charge in [-0.15, -0.1) is 18.2 Å². The van der Waals surface area contributed by atoms with Crippen LogP contribution in [0.4, 0.5) is 0 Å². The topological polar surface area (TPSA) is 14.1 Å². The van der Waals surface area contributed by atoms with Crippen LogP contribution in [-0.4, -0.2) is 12.6 Å². The van der Waals surface area contributed by atoms with E-state index < -0.39 is 0 Å². The molecule has 0 aromatic rings. The van der Waals surface area contributed by atoms with Crippen molar-refractivity contribution in [3.63, 3.8) is 0 Å². The van der Waals surface area contributed by atoms with E-state index in [1.807, 2.05) is 13.1 Å². The summed E-state index contributed by atoms with van der Waals surface area (Å²) >= 11 is 0. The third kappa shape index (κ3) is 10.8. The van der Waals surface area contributed by atoms with Crippen LogP contribution in [0, 0.1) is 5.92 Å². The van der Waals surface area contributed by atoms with Gasteiger partial charge < -0.3 is 5.32 Å². The van der Waals surface area contributed by atoms with Crippen molar-refractivity contribution < 1.29 is 0 Å². The zero-order valence-corrected chi connectivity index (χ0v) is 15.9. The lowest BCUT2D eigenvalue weighted by Gasteiger charge is -2.38. The number of allylic oxidation sites excluding steroid dienone is 4. The van der Waals surface area contributed by atoms with Crippen LogP contribution in [-0.2, 0) is 0 Å². The van der Waals surface area contributed by atoms with Crippen LogP contribution in [0.2, 0.25) is 0 Å². The molecule has 0 heterocycles. The summed E-state index contributed by atoms with van der Waals surface area (Å²) in [6.07, 6.45) is 15.3. The molecule has 0 aliphatic rings. The van der Waals surface area contributed by atoms with Gasteiger partial charge in [-0.2, -0.15) is 7.05 Å². The number of hydrogen-bond donors (Lipinski definition) is 0. The van der Waals surface area contributed by atoms with E-state index >= 15 is 0 Å². The van der Waals surface area contributed by atoms with Gasteiger partial charge in [0.1, 0.15) is 0 Å². The van der Waals surface area contributed by atoms with E-state index in [4.69, 9.17) is 0 Å². The fraction of sp³-hybridized carbons (Fsp3) is 0.714. The first-order valence-electron chi connectivity index (χ1n) is 8.86. The predicted molar refractivity (Wildman–Crippen MR) is 103 cm³/mol. The Balaban J connectivity index is 3.87. The maximum Gasteiger partial charge on any atom is -0.0288 e. The molecular formula is C21H38N-. The van der Waals surface area contributed by atoms with Gasteiger partial charge in [-0.25, -0.2) is 0 Å². The normalized spacial score (nSPS) is 16.0. The van der Waals surface area contributed by atoms with E-state index in [1.54, 1.807) is 0 Å². The summed E-state index contributed by atoms with van der Waals surface area (Å²) < 4.78 is 0. The van der Waals surface area contributed by atoms with Crippen LogP contribution in [0.1, 0.15) is 79.6 Å². The molecule has 1 heteroatoms. The van der Waals surface area contributed by atoms with Crippen LogP contribution in [0.25, 0.3) is 5.32 Å². The summed E-state index contributed by atoms with van der Waals surface area (Å²) in [5, 5.41) is 4.43. The van der Waals surface area contributed by atoms with E-state index in [-0.39, 0.29) is 5.54 Å². The van der Waals surface area contributed by atoms with E-state index in [0.29, 0.717) is 0 Å². The van der Waals surface area contributed by atoms with Crippen molar-refractivity contribution in [3.8, 4) is 0 Å². The fourth-order valence-electron chi connectivity index (χ4n) is 2.56. The molecule has 0 rings (SSSR count). The van der Waals surface area contributed by atoms with Gasteiger partial charge in [0.2, 0.25) is 0 Å². The summed E-state index contributed by atoms with van der Waals surface area (Å²) in [7, 11) is 1.90. The van der Waals surface area contributed by atoms with Gasteiger partial charge in [-0.3, -0.25) is 0 Å². The van der Waals surface area contributed by atoms with Gasteiger partial charge in [0, 0.05) is 0 Å². The number of rotatable bonds is 12. The van der Waals surface area contributed by atoms with Gasteiger partial charge in [0.25, 0.3) is 0 Å². The van der Waals surface area contributed by atoms with Gasteiger partial charge in [0.15, 0.2) is 0 Å². The molecule has 1 nitrogen and oxygen atoms in total. The Bertz CT molecular complexity index is 360. The zero-order chi connectivity index (χ0) is 17.0. The molecule has 2 unspecified atom stereocenters. The minimum atomic E-state index is -0.0266. The lowest BCUT2D eigenvalue weighted by Crippen LogP contribution is -2.19. The molecule has 0 aliphatic carbocycles. The number of likely N-dealkylation sites (N-methyl/N-ethyl adjacent to an activating group) is 1. The fourth-order valence-corrected chi connectivity index (χ4v) is 2.56. The van der Waals surface area contributed by atoms with Crippen molar-refractivity contribution in [1.82, 2.24) is 0 Å². The molecule has 2 atom stereocenters. The average Bonchev–Trinajstić information content (AvgIpc) is 2.46. The van der Waals surface area contributed by atoms with Crippen LogP contribution in [0.3, 0.4) is 0 Å². The Morgan fingerprint density at radius 3 is 2.36 bits per heavy atom. The molecule has 0 spiro atoms. The van der Waals surface area contributed by atoms with Gasteiger partial charge >= 0.3 is 0 Å². The highest BCUT2D eigenvalue weighted by Gasteiger charge is 2.08. The summed E-state index contributed by atoms with van der Waals surface area (Å²) in [5.74, 6) is 0.799. The lowest BCUT2D eigenvalue weighted by atomic mass is 9.91. The monoisotopic (exact) mass is 304 g/mol. The summed E-state index contributed by atoms with van der Waals surface area (Å²) in [5.41, 5.74) is 2.93. The second-order valence-corrected chi connectivity index (χ2v) is 7.23. The van der Waals surface area contributed by atoms with E-state index in [2.05, 4.69) is 58.7 Å². The molecule has 0 aromatic carbocycles. The molecule has 22 heavy (non-hydrogen) atoms. The minimum absolute atomic E-state index is 0.0266. The molecule has 0 bridgehead atoms. The summed E-state index contributed by atoms with van der Waals surface area (Å²) in [4.78, 5) is 0.